The summed E-state index contributed by atoms with van der Waals surface area (Å²) >= 11 is 0. The Balaban J connectivity index is 2.31. The van der Waals surface area contributed by atoms with E-state index in [0.29, 0.717) is 0 Å². The lowest BCUT2D eigenvalue weighted by atomic mass is 9.98. The van der Waals surface area contributed by atoms with E-state index >= 15 is 0 Å². The lowest BCUT2D eigenvalue weighted by molar-refractivity contribution is -0.265. The Hall–Kier alpha value is -2.22. The molecule has 25 heavy (non-hydrogen) atoms. The van der Waals surface area contributed by atoms with Gasteiger partial charge in [0.05, 0.1) is 0 Å². The molecule has 2 aliphatic heterocycles. The minimum Gasteiger partial charge on any atom is -0.463 e. The standard InChI is InChI=1S/C15H19NO9/c1-7(17)20-5-10-11(21-8(2)18)12(22-9(3)19)13-14(23-10)25-15(4,6-16)24-13/h10-14H,5H2,1-4H3. The predicted octanol–water partition coefficient (Wildman–Crippen LogP) is -0.207. The fourth-order valence-corrected chi connectivity index (χ4v) is 2.65. The van der Waals surface area contributed by atoms with Gasteiger partial charge in [-0.3, -0.25) is 14.4 Å². The molecule has 2 saturated heterocycles. The van der Waals surface area contributed by atoms with Gasteiger partial charge in [-0.2, -0.15) is 5.26 Å². The molecule has 10 nitrogen and oxygen atoms in total. The lowest BCUT2D eigenvalue weighted by Crippen LogP contribution is -2.60. The number of carbonyl (C=O) groups is 3. The molecule has 0 aromatic rings. The van der Waals surface area contributed by atoms with E-state index in [-0.39, 0.29) is 6.61 Å². The largest absolute Gasteiger partial charge is 0.463 e. The maximum absolute atomic E-state index is 11.5. The van der Waals surface area contributed by atoms with Crippen molar-refractivity contribution in [3.63, 3.8) is 0 Å². The fraction of sp³-hybridized carbons (Fsp3) is 0.733. The van der Waals surface area contributed by atoms with E-state index in [9.17, 15) is 19.6 Å². The van der Waals surface area contributed by atoms with Crippen LogP contribution in [0, 0.1) is 11.3 Å². The molecule has 0 aliphatic carbocycles. The highest BCUT2D eigenvalue weighted by molar-refractivity contribution is 5.67. The highest BCUT2D eigenvalue weighted by Crippen LogP contribution is 2.38. The summed E-state index contributed by atoms with van der Waals surface area (Å²) in [6, 6.07) is 1.83. The molecule has 2 rings (SSSR count). The summed E-state index contributed by atoms with van der Waals surface area (Å²) in [7, 11) is 0. The van der Waals surface area contributed by atoms with Crippen molar-refractivity contribution in [3.05, 3.63) is 0 Å². The zero-order valence-electron chi connectivity index (χ0n) is 14.2. The maximum Gasteiger partial charge on any atom is 0.303 e. The van der Waals surface area contributed by atoms with Crippen molar-refractivity contribution >= 4 is 17.9 Å². The third-order valence-corrected chi connectivity index (χ3v) is 3.55. The summed E-state index contributed by atoms with van der Waals surface area (Å²) in [5.74, 6) is -3.49. The van der Waals surface area contributed by atoms with Gasteiger partial charge in [0.2, 0.25) is 0 Å². The molecule has 10 heteroatoms. The predicted molar refractivity (Wildman–Crippen MR) is 76.4 cm³/mol. The van der Waals surface area contributed by atoms with E-state index < -0.39 is 54.4 Å². The fourth-order valence-electron chi connectivity index (χ4n) is 2.65. The van der Waals surface area contributed by atoms with Crippen LogP contribution >= 0.6 is 0 Å². The molecular formula is C15H19NO9. The quantitative estimate of drug-likeness (QED) is 0.492. The molecule has 138 valence electrons. The van der Waals surface area contributed by atoms with Gasteiger partial charge in [0.25, 0.3) is 5.79 Å². The minimum absolute atomic E-state index is 0.263. The van der Waals surface area contributed by atoms with Crippen LogP contribution in [-0.2, 0) is 42.8 Å². The molecule has 6 unspecified atom stereocenters. The maximum atomic E-state index is 11.5. The Labute approximate surface area is 143 Å². The van der Waals surface area contributed by atoms with Crippen LogP contribution in [0.15, 0.2) is 0 Å². The number of ether oxygens (including phenoxy) is 6. The van der Waals surface area contributed by atoms with Crippen LogP contribution in [0.2, 0.25) is 0 Å². The molecule has 0 spiro atoms. The van der Waals surface area contributed by atoms with Crippen molar-refractivity contribution in [2.75, 3.05) is 6.61 Å². The van der Waals surface area contributed by atoms with Gasteiger partial charge < -0.3 is 28.4 Å². The van der Waals surface area contributed by atoms with Crippen molar-refractivity contribution < 1.29 is 42.8 Å². The first-order valence-electron chi connectivity index (χ1n) is 7.55. The molecule has 2 aliphatic rings. The number of esters is 3. The molecule has 0 bridgehead atoms. The molecule has 0 aromatic carbocycles. The number of carbonyl (C=O) groups excluding carboxylic acids is 3. The second-order valence-corrected chi connectivity index (χ2v) is 5.75. The highest BCUT2D eigenvalue weighted by atomic mass is 16.8. The van der Waals surface area contributed by atoms with Gasteiger partial charge in [0.15, 0.2) is 24.6 Å². The second kappa shape index (κ2) is 7.35. The van der Waals surface area contributed by atoms with Gasteiger partial charge in [-0.25, -0.2) is 0 Å². The van der Waals surface area contributed by atoms with E-state index in [2.05, 4.69) is 0 Å². The molecule has 6 atom stereocenters. The monoisotopic (exact) mass is 357 g/mol. The van der Waals surface area contributed by atoms with Gasteiger partial charge in [0.1, 0.15) is 18.8 Å². The van der Waals surface area contributed by atoms with Gasteiger partial charge in [-0.15, -0.1) is 0 Å². The van der Waals surface area contributed by atoms with E-state index in [1.807, 2.05) is 6.07 Å². The summed E-state index contributed by atoms with van der Waals surface area (Å²) in [5, 5.41) is 9.18. The van der Waals surface area contributed by atoms with Crippen molar-refractivity contribution in [1.82, 2.24) is 0 Å². The minimum atomic E-state index is -1.62. The Morgan fingerprint density at radius 1 is 1.04 bits per heavy atom. The third kappa shape index (κ3) is 4.45. The van der Waals surface area contributed by atoms with Crippen molar-refractivity contribution in [1.29, 1.82) is 5.26 Å². The SMILES string of the molecule is CC(=O)OCC1OC2OC(C)(C#N)OC2C(OC(C)=O)C1OC(C)=O. The Morgan fingerprint density at radius 2 is 1.64 bits per heavy atom. The van der Waals surface area contributed by atoms with Crippen LogP contribution in [0.25, 0.3) is 0 Å². The van der Waals surface area contributed by atoms with Crippen molar-refractivity contribution in [2.45, 2.75) is 64.2 Å². The molecular weight excluding hydrogens is 338 g/mol. The summed E-state index contributed by atoms with van der Waals surface area (Å²) < 4.78 is 31.9. The number of hydrogen-bond acceptors (Lipinski definition) is 10. The average Bonchev–Trinajstić information content (AvgIpc) is 2.84. The average molecular weight is 357 g/mol. The second-order valence-electron chi connectivity index (χ2n) is 5.75. The number of fused-ring (bicyclic) bond motifs is 1. The number of rotatable bonds is 4. The van der Waals surface area contributed by atoms with Crippen molar-refractivity contribution in [2.24, 2.45) is 0 Å². The van der Waals surface area contributed by atoms with Crippen LogP contribution in [0.3, 0.4) is 0 Å². The van der Waals surface area contributed by atoms with Gasteiger partial charge in [0, 0.05) is 27.7 Å². The third-order valence-electron chi connectivity index (χ3n) is 3.55. The first-order chi connectivity index (χ1) is 11.6. The molecule has 0 radical (unpaired) electrons. The highest BCUT2D eigenvalue weighted by Gasteiger charge is 2.59. The van der Waals surface area contributed by atoms with E-state index in [4.69, 9.17) is 28.4 Å². The molecule has 2 fully saturated rings. The van der Waals surface area contributed by atoms with Crippen LogP contribution in [0.5, 0.6) is 0 Å². The topological polar surface area (TPSA) is 130 Å². The van der Waals surface area contributed by atoms with Crippen LogP contribution in [0.1, 0.15) is 27.7 Å². The molecule has 0 aromatic heterocycles. The Morgan fingerprint density at radius 3 is 2.16 bits per heavy atom. The summed E-state index contributed by atoms with van der Waals surface area (Å²) in [6.45, 7) is 4.67. The molecule has 0 N–H and O–H groups in total. The Kier molecular flexibility index (Phi) is 5.62. The number of nitriles is 1. The van der Waals surface area contributed by atoms with Gasteiger partial charge in [-0.1, -0.05) is 0 Å². The van der Waals surface area contributed by atoms with Crippen molar-refractivity contribution in [3.8, 4) is 6.07 Å². The summed E-state index contributed by atoms with van der Waals surface area (Å²) in [5.41, 5.74) is 0. The number of nitrogens with zero attached hydrogens (tertiary/aromatic N) is 1. The summed E-state index contributed by atoms with van der Waals surface area (Å²) in [6.07, 6.45) is -5.24. The normalized spacial score (nSPS) is 36.7. The zero-order chi connectivity index (χ0) is 18.8. The van der Waals surface area contributed by atoms with Crippen LogP contribution in [-0.4, -0.2) is 61.0 Å². The number of hydrogen-bond donors (Lipinski definition) is 0. The van der Waals surface area contributed by atoms with Gasteiger partial charge in [-0.05, 0) is 0 Å². The molecule has 2 heterocycles. The van der Waals surface area contributed by atoms with Crippen LogP contribution in [0.4, 0.5) is 0 Å². The van der Waals surface area contributed by atoms with E-state index in [0.717, 1.165) is 0 Å². The smallest absolute Gasteiger partial charge is 0.303 e. The van der Waals surface area contributed by atoms with E-state index in [1.54, 1.807) is 0 Å². The van der Waals surface area contributed by atoms with Gasteiger partial charge >= 0.3 is 17.9 Å². The summed E-state index contributed by atoms with van der Waals surface area (Å²) in [4.78, 5) is 34.0. The van der Waals surface area contributed by atoms with E-state index in [1.165, 1.54) is 27.7 Å². The first-order valence-corrected chi connectivity index (χ1v) is 7.55. The Bertz CT molecular complexity index is 600. The lowest BCUT2D eigenvalue weighted by Gasteiger charge is -2.40. The van der Waals surface area contributed by atoms with Crippen LogP contribution < -0.4 is 0 Å². The molecule has 0 saturated carbocycles. The first kappa shape index (κ1) is 19.1. The molecule has 0 amide bonds. The zero-order valence-corrected chi connectivity index (χ0v) is 14.2.